The smallest absolute Gasteiger partial charge is 0.264 e. The first-order valence-electron chi connectivity index (χ1n) is 7.66. The van der Waals surface area contributed by atoms with E-state index in [1.165, 1.54) is 29.5 Å². The maximum absolute atomic E-state index is 13.2. The molecule has 1 aliphatic rings. The molecule has 7 heteroatoms. The third kappa shape index (κ3) is 3.60. The van der Waals surface area contributed by atoms with Crippen molar-refractivity contribution in [2.24, 2.45) is 0 Å². The number of amides is 2. The van der Waals surface area contributed by atoms with Gasteiger partial charge in [-0.25, -0.2) is 4.39 Å². The molecule has 1 aromatic carbocycles. The van der Waals surface area contributed by atoms with Gasteiger partial charge in [0.15, 0.2) is 0 Å². The second-order valence-electron chi connectivity index (χ2n) is 5.61. The summed E-state index contributed by atoms with van der Waals surface area (Å²) in [5.74, 6) is -0.939. The molecule has 1 aromatic heterocycles. The number of benzene rings is 1. The van der Waals surface area contributed by atoms with Crippen LogP contribution in [0.3, 0.4) is 0 Å². The molecule has 1 aliphatic heterocycles. The van der Waals surface area contributed by atoms with Crippen molar-refractivity contribution in [2.45, 2.75) is 25.3 Å². The molecular formula is C17H16ClFN2O2S. The summed E-state index contributed by atoms with van der Waals surface area (Å²) >= 11 is 7.10. The number of hydrogen-bond acceptors (Lipinski definition) is 3. The molecule has 1 N–H and O–H groups in total. The second kappa shape index (κ2) is 7.32. The second-order valence-corrected chi connectivity index (χ2v) is 6.96. The number of thiophene rings is 1. The minimum absolute atomic E-state index is 0.0528. The number of rotatable bonds is 3. The average Bonchev–Trinajstić information content (AvgIpc) is 3.12. The Bertz CT molecular complexity index is 751. The van der Waals surface area contributed by atoms with E-state index in [4.69, 9.17) is 11.6 Å². The predicted molar refractivity (Wildman–Crippen MR) is 93.0 cm³/mol. The van der Waals surface area contributed by atoms with Gasteiger partial charge in [-0.2, -0.15) is 0 Å². The van der Waals surface area contributed by atoms with Crippen LogP contribution in [0.1, 0.15) is 28.9 Å². The van der Waals surface area contributed by atoms with Crippen molar-refractivity contribution >= 4 is 40.4 Å². The summed E-state index contributed by atoms with van der Waals surface area (Å²) in [5.41, 5.74) is 0.417. The lowest BCUT2D eigenvalue weighted by Gasteiger charge is -2.34. The molecule has 0 bridgehead atoms. The van der Waals surface area contributed by atoms with Gasteiger partial charge in [-0.1, -0.05) is 17.7 Å². The van der Waals surface area contributed by atoms with Gasteiger partial charge >= 0.3 is 0 Å². The van der Waals surface area contributed by atoms with Crippen molar-refractivity contribution < 1.29 is 14.0 Å². The molecule has 1 fully saturated rings. The topological polar surface area (TPSA) is 49.4 Å². The SMILES string of the molecule is O=C(Nc1ccc(F)c(Cl)c1)C1CCCCN1C(=O)c1cccs1. The molecule has 3 rings (SSSR count). The van der Waals surface area contributed by atoms with Gasteiger partial charge in [-0.05, 0) is 48.9 Å². The number of carbonyl (C=O) groups excluding carboxylic acids is 2. The lowest BCUT2D eigenvalue weighted by molar-refractivity contribution is -0.121. The number of anilines is 1. The van der Waals surface area contributed by atoms with Crippen LogP contribution in [0.5, 0.6) is 0 Å². The standard InChI is InChI=1S/C17H16ClFN2O2S/c18-12-10-11(6-7-13(12)19)20-16(22)14-4-1-2-8-21(14)17(23)15-5-3-9-24-15/h3,5-7,9-10,14H,1-2,4,8H2,(H,20,22). The summed E-state index contributed by atoms with van der Waals surface area (Å²) in [6.45, 7) is 0.555. The third-order valence-electron chi connectivity index (χ3n) is 3.99. The number of likely N-dealkylation sites (tertiary alicyclic amines) is 1. The predicted octanol–water partition coefficient (Wildman–Crippen LogP) is 4.17. The van der Waals surface area contributed by atoms with Crippen LogP contribution in [-0.2, 0) is 4.79 Å². The molecule has 2 amide bonds. The summed E-state index contributed by atoms with van der Waals surface area (Å²) in [4.78, 5) is 27.5. The number of hydrogen-bond donors (Lipinski definition) is 1. The van der Waals surface area contributed by atoms with E-state index in [9.17, 15) is 14.0 Å². The van der Waals surface area contributed by atoms with Crippen LogP contribution in [0.15, 0.2) is 35.7 Å². The van der Waals surface area contributed by atoms with Crippen LogP contribution in [0.4, 0.5) is 10.1 Å². The van der Waals surface area contributed by atoms with Crippen molar-refractivity contribution in [3.63, 3.8) is 0 Å². The maximum Gasteiger partial charge on any atom is 0.264 e. The fraction of sp³-hybridized carbons (Fsp3) is 0.294. The van der Waals surface area contributed by atoms with E-state index in [1.807, 2.05) is 11.4 Å². The van der Waals surface area contributed by atoms with E-state index in [2.05, 4.69) is 5.32 Å². The number of nitrogens with zero attached hydrogens (tertiary/aromatic N) is 1. The zero-order chi connectivity index (χ0) is 17.1. The van der Waals surface area contributed by atoms with Crippen LogP contribution in [0.25, 0.3) is 0 Å². The highest BCUT2D eigenvalue weighted by Gasteiger charge is 2.33. The van der Waals surface area contributed by atoms with E-state index >= 15 is 0 Å². The molecule has 0 saturated carbocycles. The van der Waals surface area contributed by atoms with Crippen LogP contribution in [0, 0.1) is 5.82 Å². The molecule has 4 nitrogen and oxygen atoms in total. The quantitative estimate of drug-likeness (QED) is 0.886. The fourth-order valence-corrected chi connectivity index (χ4v) is 3.65. The molecule has 0 aliphatic carbocycles. The number of piperidine rings is 1. The normalized spacial score (nSPS) is 17.6. The maximum atomic E-state index is 13.2. The first kappa shape index (κ1) is 16.9. The van der Waals surface area contributed by atoms with Crippen molar-refractivity contribution in [1.82, 2.24) is 4.90 Å². The van der Waals surface area contributed by atoms with Gasteiger partial charge in [0.05, 0.1) is 9.90 Å². The molecule has 0 radical (unpaired) electrons. The van der Waals surface area contributed by atoms with E-state index in [1.54, 1.807) is 11.0 Å². The molecule has 2 heterocycles. The zero-order valence-electron chi connectivity index (χ0n) is 12.8. The third-order valence-corrected chi connectivity index (χ3v) is 5.13. The van der Waals surface area contributed by atoms with Crippen molar-refractivity contribution in [3.8, 4) is 0 Å². The Kier molecular flexibility index (Phi) is 5.16. The Balaban J connectivity index is 1.75. The minimum Gasteiger partial charge on any atom is -0.326 e. The Morgan fingerprint density at radius 2 is 2.12 bits per heavy atom. The molecular weight excluding hydrogens is 351 g/mol. The van der Waals surface area contributed by atoms with E-state index in [-0.39, 0.29) is 16.8 Å². The van der Waals surface area contributed by atoms with E-state index < -0.39 is 11.9 Å². The van der Waals surface area contributed by atoms with Crippen molar-refractivity contribution in [3.05, 3.63) is 51.4 Å². The first-order valence-corrected chi connectivity index (χ1v) is 8.92. The Morgan fingerprint density at radius 1 is 1.29 bits per heavy atom. The fourth-order valence-electron chi connectivity index (χ4n) is 2.79. The van der Waals surface area contributed by atoms with Crippen LogP contribution < -0.4 is 5.32 Å². The number of nitrogens with one attached hydrogen (secondary N) is 1. The molecule has 1 saturated heterocycles. The Morgan fingerprint density at radius 3 is 2.83 bits per heavy atom. The molecule has 0 spiro atoms. The van der Waals surface area contributed by atoms with Crippen LogP contribution in [-0.4, -0.2) is 29.3 Å². The average molecular weight is 367 g/mol. The van der Waals surface area contributed by atoms with Gasteiger partial charge in [0.2, 0.25) is 5.91 Å². The highest BCUT2D eigenvalue weighted by atomic mass is 35.5. The van der Waals surface area contributed by atoms with E-state index in [0.29, 0.717) is 23.5 Å². The Labute approximate surface area is 148 Å². The van der Waals surface area contributed by atoms with Gasteiger partial charge in [0, 0.05) is 12.2 Å². The van der Waals surface area contributed by atoms with Gasteiger partial charge in [-0.15, -0.1) is 11.3 Å². The van der Waals surface area contributed by atoms with Crippen LogP contribution in [0.2, 0.25) is 5.02 Å². The van der Waals surface area contributed by atoms with Gasteiger partial charge in [0.1, 0.15) is 11.9 Å². The highest BCUT2D eigenvalue weighted by molar-refractivity contribution is 7.12. The van der Waals surface area contributed by atoms with Gasteiger partial charge in [0.25, 0.3) is 5.91 Å². The van der Waals surface area contributed by atoms with Gasteiger partial charge < -0.3 is 10.2 Å². The highest BCUT2D eigenvalue weighted by Crippen LogP contribution is 2.24. The van der Waals surface area contributed by atoms with Gasteiger partial charge in [-0.3, -0.25) is 9.59 Å². The molecule has 126 valence electrons. The largest absolute Gasteiger partial charge is 0.326 e. The minimum atomic E-state index is -0.540. The van der Waals surface area contributed by atoms with Crippen molar-refractivity contribution in [2.75, 3.05) is 11.9 Å². The summed E-state index contributed by atoms with van der Waals surface area (Å²) in [5, 5.41) is 4.52. The first-order chi connectivity index (χ1) is 11.6. The summed E-state index contributed by atoms with van der Waals surface area (Å²) < 4.78 is 13.2. The molecule has 2 aromatic rings. The summed E-state index contributed by atoms with van der Waals surface area (Å²) in [6.07, 6.45) is 2.37. The zero-order valence-corrected chi connectivity index (χ0v) is 14.4. The number of halogens is 2. The van der Waals surface area contributed by atoms with E-state index in [0.717, 1.165) is 12.8 Å². The molecule has 1 unspecified atom stereocenters. The lowest BCUT2D eigenvalue weighted by Crippen LogP contribution is -2.49. The Hall–Kier alpha value is -1.92. The monoisotopic (exact) mass is 366 g/mol. The molecule has 1 atom stereocenters. The van der Waals surface area contributed by atoms with Crippen LogP contribution >= 0.6 is 22.9 Å². The molecule has 24 heavy (non-hydrogen) atoms. The number of carbonyl (C=O) groups is 2. The summed E-state index contributed by atoms with van der Waals surface area (Å²) in [6, 6.07) is 7.06. The summed E-state index contributed by atoms with van der Waals surface area (Å²) in [7, 11) is 0. The van der Waals surface area contributed by atoms with Crippen molar-refractivity contribution in [1.29, 1.82) is 0 Å². The lowest BCUT2D eigenvalue weighted by atomic mass is 10.0.